The summed E-state index contributed by atoms with van der Waals surface area (Å²) in [5, 5.41) is 10.7. The minimum absolute atomic E-state index is 0.00828. The molecule has 45 heavy (non-hydrogen) atoms. The molecular weight excluding hydrogens is 590 g/mol. The summed E-state index contributed by atoms with van der Waals surface area (Å²) in [6.45, 7) is 7.33. The third-order valence-corrected chi connectivity index (χ3v) is 6.55. The van der Waals surface area contributed by atoms with Crippen LogP contribution in [0.4, 0.5) is 10.5 Å². The molecule has 0 bridgehead atoms. The molecule has 0 N–H and O–H groups in total. The topological polar surface area (TPSA) is 167 Å². The number of unbranched alkanes of at least 4 members (excludes halogenated alkanes) is 7. The number of esters is 3. The molecule has 0 saturated carbocycles. The van der Waals surface area contributed by atoms with Crippen molar-refractivity contribution in [1.29, 1.82) is 0 Å². The number of carbonyl (C=O) groups excluding carboxylic acids is 4. The number of hydrogen-bond donors (Lipinski definition) is 0. The van der Waals surface area contributed by atoms with Crippen molar-refractivity contribution in [3.63, 3.8) is 0 Å². The van der Waals surface area contributed by atoms with Crippen LogP contribution in [0.5, 0.6) is 5.75 Å². The summed E-state index contributed by atoms with van der Waals surface area (Å²) in [7, 11) is 0. The molecule has 0 radical (unpaired) electrons. The molecule has 0 aromatic heterocycles. The average molecular weight is 640 g/mol. The summed E-state index contributed by atoms with van der Waals surface area (Å²) in [4.78, 5) is 59.2. The van der Waals surface area contributed by atoms with E-state index in [0.717, 1.165) is 69.9 Å². The van der Waals surface area contributed by atoms with Gasteiger partial charge in [-0.15, -0.1) is 0 Å². The van der Waals surface area contributed by atoms with Gasteiger partial charge < -0.3 is 28.4 Å². The lowest BCUT2D eigenvalue weighted by atomic mass is 9.86. The molecule has 0 saturated heterocycles. The van der Waals surface area contributed by atoms with Crippen LogP contribution in [0.15, 0.2) is 24.3 Å². The van der Waals surface area contributed by atoms with E-state index in [1.54, 1.807) is 13.8 Å². The first-order chi connectivity index (χ1) is 21.5. The van der Waals surface area contributed by atoms with Crippen molar-refractivity contribution in [2.45, 2.75) is 111 Å². The van der Waals surface area contributed by atoms with Crippen molar-refractivity contribution < 1.29 is 52.5 Å². The number of hydrogen-bond acceptors (Lipinski definition) is 12. The van der Waals surface area contributed by atoms with E-state index < -0.39 is 41.3 Å². The molecule has 1 rings (SSSR count). The van der Waals surface area contributed by atoms with Gasteiger partial charge in [-0.3, -0.25) is 24.5 Å². The Morgan fingerprint density at radius 1 is 0.778 bits per heavy atom. The van der Waals surface area contributed by atoms with Crippen molar-refractivity contribution in [3.8, 4) is 5.75 Å². The fraction of sp³-hybridized carbons (Fsp3) is 0.688. The molecule has 0 aliphatic carbocycles. The Balaban J connectivity index is 2.49. The molecule has 0 heterocycles. The van der Waals surface area contributed by atoms with Gasteiger partial charge in [0.05, 0.1) is 24.4 Å². The van der Waals surface area contributed by atoms with Gasteiger partial charge in [0.2, 0.25) is 6.79 Å². The van der Waals surface area contributed by atoms with Crippen LogP contribution in [-0.2, 0) is 38.1 Å². The molecule has 1 aromatic carbocycles. The molecule has 254 valence electrons. The van der Waals surface area contributed by atoms with Crippen LogP contribution >= 0.6 is 0 Å². The summed E-state index contributed by atoms with van der Waals surface area (Å²) in [6.07, 6.45) is 7.15. The molecule has 0 fully saturated rings. The first-order valence-corrected chi connectivity index (χ1v) is 15.6. The monoisotopic (exact) mass is 639 g/mol. The van der Waals surface area contributed by atoms with E-state index >= 15 is 0 Å². The fourth-order valence-electron chi connectivity index (χ4n) is 4.12. The van der Waals surface area contributed by atoms with Crippen molar-refractivity contribution >= 4 is 29.8 Å². The van der Waals surface area contributed by atoms with Crippen LogP contribution in [0.1, 0.15) is 105 Å². The first-order valence-electron chi connectivity index (χ1n) is 15.6. The summed E-state index contributed by atoms with van der Waals surface area (Å²) in [6, 6.07) is 4.75. The third-order valence-electron chi connectivity index (χ3n) is 6.55. The maximum atomic E-state index is 12.8. The second-order valence-corrected chi connectivity index (χ2v) is 11.5. The minimum Gasteiger partial charge on any atom is -0.462 e. The second kappa shape index (κ2) is 22.7. The molecule has 1 atom stereocenters. The predicted molar refractivity (Wildman–Crippen MR) is 163 cm³/mol. The molecular formula is C32H49NO12. The SMILES string of the molecule is CCCCCCCC(=O)OCC(COCCCCCC)OC(=O)CC(C)(C)CC(=O)OCOC(=O)Oc1ccc([N+](=O)[O-])cc1. The molecule has 13 heteroatoms. The van der Waals surface area contributed by atoms with Crippen LogP contribution in [0.3, 0.4) is 0 Å². The predicted octanol–water partition coefficient (Wildman–Crippen LogP) is 6.83. The van der Waals surface area contributed by atoms with E-state index in [4.69, 9.17) is 28.4 Å². The molecule has 0 spiro atoms. The number of carbonyl (C=O) groups is 4. The van der Waals surface area contributed by atoms with Crippen LogP contribution in [0, 0.1) is 15.5 Å². The lowest BCUT2D eigenvalue weighted by Gasteiger charge is -2.24. The number of non-ortho nitro benzene ring substituents is 1. The average Bonchev–Trinajstić information content (AvgIpc) is 2.97. The summed E-state index contributed by atoms with van der Waals surface area (Å²) >= 11 is 0. The van der Waals surface area contributed by atoms with Crippen molar-refractivity contribution in [2.24, 2.45) is 5.41 Å². The van der Waals surface area contributed by atoms with Gasteiger partial charge in [0, 0.05) is 25.2 Å². The van der Waals surface area contributed by atoms with E-state index in [0.29, 0.717) is 13.0 Å². The van der Waals surface area contributed by atoms with Gasteiger partial charge in [0.15, 0.2) is 6.10 Å². The van der Waals surface area contributed by atoms with Crippen molar-refractivity contribution in [1.82, 2.24) is 0 Å². The lowest BCUT2D eigenvalue weighted by molar-refractivity contribution is -0.384. The highest BCUT2D eigenvalue weighted by molar-refractivity contribution is 5.74. The van der Waals surface area contributed by atoms with Gasteiger partial charge in [-0.2, -0.15) is 0 Å². The molecule has 0 aliphatic rings. The smallest absolute Gasteiger partial charge is 0.462 e. The van der Waals surface area contributed by atoms with E-state index in [9.17, 15) is 29.3 Å². The Bertz CT molecular complexity index is 1040. The standard InChI is InChI=1S/C32H49NO12/c1-5-7-9-11-12-14-28(34)41-23-27(22-40-19-13-10-8-6-2)44-30(36)21-32(3,4)20-29(35)42-24-43-31(37)45-26-17-15-25(16-18-26)33(38)39/h15-18,27H,5-14,19-24H2,1-4H3. The van der Waals surface area contributed by atoms with Crippen LogP contribution < -0.4 is 4.74 Å². The zero-order valence-corrected chi connectivity index (χ0v) is 27.0. The lowest BCUT2D eigenvalue weighted by Crippen LogP contribution is -2.32. The Morgan fingerprint density at radius 2 is 1.40 bits per heavy atom. The van der Waals surface area contributed by atoms with Crippen LogP contribution in [-0.4, -0.2) is 61.7 Å². The number of nitro benzene ring substituents is 1. The number of benzene rings is 1. The maximum Gasteiger partial charge on any atom is 0.516 e. The fourth-order valence-corrected chi connectivity index (χ4v) is 4.12. The Hall–Kier alpha value is -3.74. The largest absolute Gasteiger partial charge is 0.516 e. The number of rotatable bonds is 24. The van der Waals surface area contributed by atoms with E-state index in [1.807, 2.05) is 0 Å². The molecule has 0 aliphatic heterocycles. The van der Waals surface area contributed by atoms with Gasteiger partial charge in [0.1, 0.15) is 12.4 Å². The Kier molecular flexibility index (Phi) is 19.8. The van der Waals surface area contributed by atoms with Gasteiger partial charge in [0.25, 0.3) is 5.69 Å². The van der Waals surface area contributed by atoms with Gasteiger partial charge in [-0.05, 0) is 30.4 Å². The Morgan fingerprint density at radius 3 is 2.04 bits per heavy atom. The van der Waals surface area contributed by atoms with Gasteiger partial charge in [-0.1, -0.05) is 72.6 Å². The van der Waals surface area contributed by atoms with Gasteiger partial charge >= 0.3 is 24.1 Å². The molecule has 1 aromatic rings. The van der Waals surface area contributed by atoms with Crippen molar-refractivity contribution in [2.75, 3.05) is 26.6 Å². The Labute approximate surface area is 265 Å². The number of nitrogens with zero attached hydrogens (tertiary/aromatic N) is 1. The summed E-state index contributed by atoms with van der Waals surface area (Å²) in [5.74, 6) is -1.66. The maximum absolute atomic E-state index is 12.8. The van der Waals surface area contributed by atoms with E-state index in [2.05, 4.69) is 13.8 Å². The highest BCUT2D eigenvalue weighted by atomic mass is 16.8. The van der Waals surface area contributed by atoms with Crippen LogP contribution in [0.2, 0.25) is 0 Å². The zero-order valence-electron chi connectivity index (χ0n) is 27.0. The number of nitro groups is 1. The summed E-state index contributed by atoms with van der Waals surface area (Å²) < 4.78 is 31.1. The summed E-state index contributed by atoms with van der Waals surface area (Å²) in [5.41, 5.74) is -1.04. The molecule has 13 nitrogen and oxygen atoms in total. The van der Waals surface area contributed by atoms with Crippen LogP contribution in [0.25, 0.3) is 0 Å². The van der Waals surface area contributed by atoms with E-state index in [-0.39, 0.29) is 43.5 Å². The first kappa shape index (κ1) is 39.3. The highest BCUT2D eigenvalue weighted by Crippen LogP contribution is 2.26. The quantitative estimate of drug-likeness (QED) is 0.0220. The normalized spacial score (nSPS) is 11.7. The zero-order chi connectivity index (χ0) is 33.5. The number of ether oxygens (including phenoxy) is 6. The molecule has 0 amide bonds. The molecule has 1 unspecified atom stereocenters. The van der Waals surface area contributed by atoms with E-state index in [1.165, 1.54) is 12.1 Å². The third kappa shape index (κ3) is 20.0. The van der Waals surface area contributed by atoms with Gasteiger partial charge in [-0.25, -0.2) is 4.79 Å². The van der Waals surface area contributed by atoms with Crippen molar-refractivity contribution in [3.05, 3.63) is 34.4 Å². The highest BCUT2D eigenvalue weighted by Gasteiger charge is 2.29. The minimum atomic E-state index is -1.17. The second-order valence-electron chi connectivity index (χ2n) is 11.5.